The van der Waals surface area contributed by atoms with E-state index in [0.717, 1.165) is 0 Å². The molecule has 0 bridgehead atoms. The van der Waals surface area contributed by atoms with E-state index in [-0.39, 0.29) is 184 Å². The maximum atomic E-state index is 6.25. The summed E-state index contributed by atoms with van der Waals surface area (Å²) in [4.78, 5) is 0. The van der Waals surface area contributed by atoms with Gasteiger partial charge in [0.1, 0.15) is 0 Å². The molecule has 0 saturated carbocycles. The van der Waals surface area contributed by atoms with E-state index in [2.05, 4.69) is 0 Å². The summed E-state index contributed by atoms with van der Waals surface area (Å²) in [6.45, 7) is 28.5. The molecule has 0 unspecified atom stereocenters. The third-order valence-corrected chi connectivity index (χ3v) is 0. The maximum Gasteiger partial charge on any atom is 5.00 e. The first-order chi connectivity index (χ1) is 6.00. The molecule has 0 spiro atoms. The summed E-state index contributed by atoms with van der Waals surface area (Å²) >= 11 is 0. The van der Waals surface area contributed by atoms with E-state index >= 15 is 0 Å². The van der Waals surface area contributed by atoms with Crippen LogP contribution in [-0.4, -0.2) is 103 Å². The molecule has 0 aromatic carbocycles. The van der Waals surface area contributed by atoms with Crippen molar-refractivity contribution in [1.29, 1.82) is 31.6 Å². The van der Waals surface area contributed by atoms with E-state index in [1.807, 2.05) is 0 Å². The van der Waals surface area contributed by atoms with Crippen LogP contribution in [0.5, 0.6) is 0 Å². The van der Waals surface area contributed by atoms with Crippen molar-refractivity contribution >= 4 is 115 Å². The van der Waals surface area contributed by atoms with Gasteiger partial charge in [0, 0.05) is 103 Å². The number of rotatable bonds is 0. The first-order valence-corrected chi connectivity index (χ1v) is 1.34. The Morgan fingerprint density at radius 2 is 0.412 bits per heavy atom. The van der Waals surface area contributed by atoms with Gasteiger partial charge in [-0.05, 0) is 0 Å². The molecule has 11 heteroatoms. The molecular formula is C6HClFeK3N6. The van der Waals surface area contributed by atoms with Crippen LogP contribution >= 0.6 is 12.4 Å². The zero-order valence-electron chi connectivity index (χ0n) is 9.45. The molecule has 0 rings (SSSR count). The minimum atomic E-state index is 0. The van der Waals surface area contributed by atoms with Crippen LogP contribution < -0.4 is 51.4 Å². The molecule has 6 nitrogen and oxygen atoms in total. The third-order valence-electron chi connectivity index (χ3n) is 0. The summed E-state index contributed by atoms with van der Waals surface area (Å²) < 4.78 is 0. The van der Waals surface area contributed by atoms with Gasteiger partial charge in [0.05, 0.1) is 0 Å². The fourth-order valence-electron chi connectivity index (χ4n) is 0. The average Bonchev–Trinajstić information content (AvgIpc) is 2.33. The Kier molecular flexibility index (Phi) is 4420. The molecule has 0 heterocycles. The van der Waals surface area contributed by atoms with Crippen LogP contribution in [0, 0.1) is 71.0 Å². The predicted molar refractivity (Wildman–Crippen MR) is 48.6 cm³/mol. The summed E-state index contributed by atoms with van der Waals surface area (Å²) in [6.07, 6.45) is 0. The summed E-state index contributed by atoms with van der Waals surface area (Å²) in [6, 6.07) is 0. The van der Waals surface area contributed by atoms with E-state index in [4.69, 9.17) is 71.0 Å². The van der Waals surface area contributed by atoms with Crippen LogP contribution in [0.1, 0.15) is 0 Å². The van der Waals surface area contributed by atoms with Gasteiger partial charge in [0.25, 0.3) is 0 Å². The molecule has 0 aliphatic carbocycles. The van der Waals surface area contributed by atoms with Gasteiger partial charge >= 0.3 is 68.5 Å². The molecule has 0 amide bonds. The molecule has 3 radical (unpaired) electrons. The van der Waals surface area contributed by atoms with Crippen LogP contribution in [-0.2, 0) is 17.1 Å². The van der Waals surface area contributed by atoms with Crippen molar-refractivity contribution in [3.8, 4) is 0 Å². The van der Waals surface area contributed by atoms with Gasteiger partial charge in [0.2, 0.25) is 0 Å². The first-order valence-electron chi connectivity index (χ1n) is 1.34. The Balaban J connectivity index is -0.00000000267. The van der Waals surface area contributed by atoms with Crippen molar-refractivity contribution in [3.63, 3.8) is 0 Å². The Hall–Kier alpha value is 2.66. The quantitative estimate of drug-likeness (QED) is 0.336. The molecule has 0 aliphatic rings. The molecule has 0 aliphatic heterocycles. The zero-order valence-corrected chi connectivity index (χ0v) is 20.7. The van der Waals surface area contributed by atoms with Gasteiger partial charge in [0.15, 0.2) is 0 Å². The Labute approximate surface area is 247 Å². The largest absolute Gasteiger partial charge is 5.00 e. The van der Waals surface area contributed by atoms with E-state index < -0.39 is 0 Å². The minimum Gasteiger partial charge on any atom is -0.512 e. The van der Waals surface area contributed by atoms with Gasteiger partial charge in [-0.2, -0.15) is 0 Å². The van der Waals surface area contributed by atoms with E-state index in [1.165, 1.54) is 0 Å². The number of halogens is 1. The predicted octanol–water partition coefficient (Wildman–Crippen LogP) is -2.76. The van der Waals surface area contributed by atoms with Crippen LogP contribution in [0.15, 0.2) is 0 Å². The summed E-state index contributed by atoms with van der Waals surface area (Å²) in [5, 5.41) is 37.5. The van der Waals surface area contributed by atoms with Crippen molar-refractivity contribution in [2.45, 2.75) is 0 Å². The second-order valence-electron chi connectivity index (χ2n) is 0. The van der Waals surface area contributed by atoms with E-state index in [9.17, 15) is 0 Å². The molecule has 73 valence electrons. The van der Waals surface area contributed by atoms with Crippen LogP contribution in [0.3, 0.4) is 0 Å². The molecule has 0 N–H and O–H groups in total. The smallest absolute Gasteiger partial charge is 0.512 e. The number of nitrogens with zero attached hydrogens (tertiary/aromatic N) is 6. The number of hydrogen-bond donors (Lipinski definition) is 0. The normalized spacial score (nSPS) is 0.706. The SMILES string of the molecule is Cl.[C-]#N.[C-]#N.[C-]#N.[C-]#N.[C-]#N.[C-]#N.[Fe+5].[K+].[K].[K]. The first kappa shape index (κ1) is 91.3. The van der Waals surface area contributed by atoms with Crippen molar-refractivity contribution in [2.24, 2.45) is 0 Å². The third kappa shape index (κ3) is 733. The van der Waals surface area contributed by atoms with Crippen LogP contribution in [0.2, 0.25) is 0 Å². The standard InChI is InChI=1S/6CN.ClH.Fe.3K/c6*1-2;;;;;/h;;;;;;1H;;;;/q6*-1;;+5;;;+1. The van der Waals surface area contributed by atoms with Crippen molar-refractivity contribution in [2.75, 3.05) is 0 Å². The molecule has 0 atom stereocenters. The molecule has 17 heavy (non-hydrogen) atoms. The summed E-state index contributed by atoms with van der Waals surface area (Å²) in [7, 11) is 0. The second-order valence-corrected chi connectivity index (χ2v) is 0. The van der Waals surface area contributed by atoms with E-state index in [1.54, 1.807) is 0 Å². The fraction of sp³-hybridized carbons (Fsp3) is 0. The van der Waals surface area contributed by atoms with Gasteiger partial charge in [-0.15, -0.1) is 12.4 Å². The minimum absolute atomic E-state index is 0. The molecule has 0 aromatic heterocycles. The van der Waals surface area contributed by atoms with Gasteiger partial charge in [-0.1, -0.05) is 0 Å². The average molecular weight is 366 g/mol. The van der Waals surface area contributed by atoms with Gasteiger partial charge in [-0.25, -0.2) is 0 Å². The van der Waals surface area contributed by atoms with Crippen LogP contribution in [0.25, 0.3) is 0 Å². The van der Waals surface area contributed by atoms with E-state index in [0.29, 0.717) is 0 Å². The maximum absolute atomic E-state index is 6.25. The fourth-order valence-corrected chi connectivity index (χ4v) is 0. The van der Waals surface area contributed by atoms with Crippen molar-refractivity contribution in [1.82, 2.24) is 0 Å². The topological polar surface area (TPSA) is 143 Å². The summed E-state index contributed by atoms with van der Waals surface area (Å²) in [5.41, 5.74) is 0. The van der Waals surface area contributed by atoms with Crippen LogP contribution in [0.4, 0.5) is 0 Å². The second kappa shape index (κ2) is 823. The Morgan fingerprint density at radius 3 is 0.412 bits per heavy atom. The molecule has 0 aromatic rings. The zero-order chi connectivity index (χ0) is 12.0. The molecular weight excluding hydrogens is 365 g/mol. The number of hydrogen-bond acceptors (Lipinski definition) is 6. The van der Waals surface area contributed by atoms with Crippen molar-refractivity contribution in [3.05, 3.63) is 39.4 Å². The van der Waals surface area contributed by atoms with Crippen molar-refractivity contribution < 1.29 is 68.5 Å². The monoisotopic (exact) mass is 365 g/mol. The molecule has 0 saturated heterocycles. The van der Waals surface area contributed by atoms with Gasteiger partial charge < -0.3 is 71.0 Å². The van der Waals surface area contributed by atoms with Gasteiger partial charge in [-0.3, -0.25) is 0 Å². The molecule has 0 fully saturated rings. The summed E-state index contributed by atoms with van der Waals surface area (Å²) in [5.74, 6) is 0. The Morgan fingerprint density at radius 1 is 0.412 bits per heavy atom. The Bertz CT molecular complexity index is 109.